The van der Waals surface area contributed by atoms with Crippen LogP contribution in [0.1, 0.15) is 34.1 Å². The van der Waals surface area contributed by atoms with E-state index in [2.05, 4.69) is 32.9 Å². The van der Waals surface area contributed by atoms with Crippen LogP contribution in [-0.2, 0) is 6.54 Å². The van der Waals surface area contributed by atoms with Crippen LogP contribution < -0.4 is 10.9 Å². The van der Waals surface area contributed by atoms with Gasteiger partial charge in [-0.25, -0.2) is 10.2 Å². The Morgan fingerprint density at radius 3 is 2.79 bits per heavy atom. The summed E-state index contributed by atoms with van der Waals surface area (Å²) >= 11 is 0. The zero-order valence-corrected chi connectivity index (χ0v) is 13.6. The van der Waals surface area contributed by atoms with E-state index in [4.69, 9.17) is 0 Å². The predicted octanol–water partition coefficient (Wildman–Crippen LogP) is 1.82. The van der Waals surface area contributed by atoms with Gasteiger partial charge in [0.15, 0.2) is 0 Å². The van der Waals surface area contributed by atoms with Crippen molar-refractivity contribution in [1.82, 2.24) is 20.7 Å². The van der Waals surface area contributed by atoms with E-state index in [9.17, 15) is 9.90 Å². The lowest BCUT2D eigenvalue weighted by Crippen LogP contribution is -2.38. The number of carboxylic acids is 1. The van der Waals surface area contributed by atoms with Gasteiger partial charge in [-0.05, 0) is 31.2 Å². The third-order valence-electron chi connectivity index (χ3n) is 4.26. The Morgan fingerprint density at radius 2 is 2.04 bits per heavy atom. The molecule has 6 nitrogen and oxygen atoms in total. The first-order chi connectivity index (χ1) is 11.6. The molecule has 3 N–H and O–H groups in total. The molecule has 1 aromatic heterocycles. The van der Waals surface area contributed by atoms with Crippen molar-refractivity contribution in [2.24, 2.45) is 0 Å². The highest BCUT2D eigenvalue weighted by atomic mass is 16.4. The molecule has 0 spiro atoms. The summed E-state index contributed by atoms with van der Waals surface area (Å²) in [4.78, 5) is 17.6. The zero-order valence-electron chi connectivity index (χ0n) is 13.6. The molecule has 2 heterocycles. The zero-order chi connectivity index (χ0) is 16.9. The maximum atomic E-state index is 11.3. The lowest BCUT2D eigenvalue weighted by Gasteiger charge is -2.20. The number of pyridine rings is 1. The first kappa shape index (κ1) is 16.6. The Labute approximate surface area is 141 Å². The fraction of sp³-hybridized carbons (Fsp3) is 0.333. The van der Waals surface area contributed by atoms with Crippen LogP contribution in [0.5, 0.6) is 0 Å². The minimum atomic E-state index is -0.934. The van der Waals surface area contributed by atoms with Crippen LogP contribution in [0, 0.1) is 0 Å². The molecular formula is C18H22N4O2. The van der Waals surface area contributed by atoms with Gasteiger partial charge in [-0.3, -0.25) is 15.3 Å². The smallest absolute Gasteiger partial charge is 0.337 e. The summed E-state index contributed by atoms with van der Waals surface area (Å²) in [5, 5.41) is 9.24. The lowest BCUT2D eigenvalue weighted by molar-refractivity contribution is 0.0694. The van der Waals surface area contributed by atoms with Gasteiger partial charge in [-0.1, -0.05) is 30.3 Å². The average Bonchev–Trinajstić information content (AvgIpc) is 3.04. The van der Waals surface area contributed by atoms with Crippen LogP contribution in [0.4, 0.5) is 0 Å². The lowest BCUT2D eigenvalue weighted by atomic mass is 10.0. The minimum Gasteiger partial charge on any atom is -0.478 e. The van der Waals surface area contributed by atoms with Gasteiger partial charge >= 0.3 is 5.97 Å². The Balaban J connectivity index is 1.57. The number of hydrazine groups is 1. The van der Waals surface area contributed by atoms with Crippen molar-refractivity contribution in [3.63, 3.8) is 0 Å². The van der Waals surface area contributed by atoms with Crippen LogP contribution >= 0.6 is 0 Å². The molecule has 0 amide bonds. The number of nitrogens with zero attached hydrogens (tertiary/aromatic N) is 2. The van der Waals surface area contributed by atoms with Gasteiger partial charge in [0.1, 0.15) is 0 Å². The molecule has 0 saturated carbocycles. The number of hydrogen-bond donors (Lipinski definition) is 3. The van der Waals surface area contributed by atoms with Gasteiger partial charge in [0, 0.05) is 31.4 Å². The minimum absolute atomic E-state index is 0.268. The van der Waals surface area contributed by atoms with Crippen LogP contribution in [0.15, 0.2) is 48.7 Å². The van der Waals surface area contributed by atoms with Crippen LogP contribution in [-0.4, -0.2) is 40.6 Å². The number of carbonyl (C=O) groups is 1. The molecule has 24 heavy (non-hydrogen) atoms. The standard InChI is InChI=1S/C18H22N4O2/c1-22(12-17-15(18(23)24)8-5-9-19-17)11-14-10-16(21-20-14)13-6-3-2-4-7-13/h2-9,14,16,20-21H,10-12H2,1H3,(H,23,24). The highest BCUT2D eigenvalue weighted by molar-refractivity contribution is 5.88. The molecular weight excluding hydrogens is 304 g/mol. The van der Waals surface area contributed by atoms with Crippen molar-refractivity contribution >= 4 is 5.97 Å². The number of hydrogen-bond acceptors (Lipinski definition) is 5. The molecule has 1 fully saturated rings. The number of aromatic nitrogens is 1. The molecule has 0 radical (unpaired) electrons. The normalized spacial score (nSPS) is 20.4. The maximum Gasteiger partial charge on any atom is 0.337 e. The van der Waals surface area contributed by atoms with E-state index >= 15 is 0 Å². The molecule has 3 rings (SSSR count). The molecule has 126 valence electrons. The number of benzene rings is 1. The first-order valence-corrected chi connectivity index (χ1v) is 8.05. The topological polar surface area (TPSA) is 77.5 Å². The van der Waals surface area contributed by atoms with E-state index in [-0.39, 0.29) is 5.56 Å². The van der Waals surface area contributed by atoms with E-state index in [1.54, 1.807) is 18.3 Å². The Kier molecular flexibility index (Phi) is 5.20. The highest BCUT2D eigenvalue weighted by Crippen LogP contribution is 2.22. The Hall–Kier alpha value is -2.28. The number of likely N-dealkylation sites (N-methyl/N-ethyl adjacent to an activating group) is 1. The van der Waals surface area contributed by atoms with Crippen molar-refractivity contribution < 1.29 is 9.90 Å². The van der Waals surface area contributed by atoms with E-state index in [0.717, 1.165) is 13.0 Å². The molecule has 1 aliphatic heterocycles. The maximum absolute atomic E-state index is 11.3. The molecule has 1 saturated heterocycles. The second kappa shape index (κ2) is 7.53. The van der Waals surface area contributed by atoms with Crippen molar-refractivity contribution in [2.75, 3.05) is 13.6 Å². The van der Waals surface area contributed by atoms with Crippen molar-refractivity contribution in [3.8, 4) is 0 Å². The van der Waals surface area contributed by atoms with Gasteiger partial charge in [0.25, 0.3) is 0 Å². The van der Waals surface area contributed by atoms with Crippen molar-refractivity contribution in [3.05, 3.63) is 65.5 Å². The Morgan fingerprint density at radius 1 is 1.25 bits per heavy atom. The number of carboxylic acid groups (broad SMARTS) is 1. The summed E-state index contributed by atoms with van der Waals surface area (Å²) in [6.07, 6.45) is 2.62. The molecule has 1 aliphatic rings. The molecule has 0 bridgehead atoms. The van der Waals surface area contributed by atoms with Gasteiger partial charge in [0.05, 0.1) is 11.3 Å². The largest absolute Gasteiger partial charge is 0.478 e. The third-order valence-corrected chi connectivity index (χ3v) is 4.26. The molecule has 2 aromatic rings. The van der Waals surface area contributed by atoms with Gasteiger partial charge < -0.3 is 5.11 Å². The van der Waals surface area contributed by atoms with E-state index in [1.807, 2.05) is 25.2 Å². The number of rotatable bonds is 6. The monoisotopic (exact) mass is 326 g/mol. The van der Waals surface area contributed by atoms with Crippen LogP contribution in [0.3, 0.4) is 0 Å². The second-order valence-corrected chi connectivity index (χ2v) is 6.18. The molecule has 2 atom stereocenters. The quantitative estimate of drug-likeness (QED) is 0.752. The van der Waals surface area contributed by atoms with Crippen LogP contribution in [0.25, 0.3) is 0 Å². The van der Waals surface area contributed by atoms with E-state index in [1.165, 1.54) is 5.56 Å². The second-order valence-electron chi connectivity index (χ2n) is 6.18. The van der Waals surface area contributed by atoms with E-state index < -0.39 is 5.97 Å². The summed E-state index contributed by atoms with van der Waals surface area (Å²) in [7, 11) is 1.98. The first-order valence-electron chi connectivity index (χ1n) is 8.05. The molecule has 0 aliphatic carbocycles. The van der Waals surface area contributed by atoms with E-state index in [0.29, 0.717) is 24.3 Å². The highest BCUT2D eigenvalue weighted by Gasteiger charge is 2.26. The van der Waals surface area contributed by atoms with Crippen molar-refractivity contribution in [2.45, 2.75) is 25.0 Å². The molecule has 1 aromatic carbocycles. The third kappa shape index (κ3) is 3.97. The summed E-state index contributed by atoms with van der Waals surface area (Å²) in [6, 6.07) is 14.2. The van der Waals surface area contributed by atoms with Crippen LogP contribution in [0.2, 0.25) is 0 Å². The summed E-state index contributed by atoms with van der Waals surface area (Å²) in [6.45, 7) is 1.32. The molecule has 2 unspecified atom stereocenters. The molecule has 6 heteroatoms. The number of aromatic carboxylic acids is 1. The predicted molar refractivity (Wildman–Crippen MR) is 91.4 cm³/mol. The number of nitrogens with one attached hydrogen (secondary N) is 2. The fourth-order valence-corrected chi connectivity index (χ4v) is 3.10. The fourth-order valence-electron chi connectivity index (χ4n) is 3.10. The Bertz CT molecular complexity index is 692. The van der Waals surface area contributed by atoms with Crippen molar-refractivity contribution in [1.29, 1.82) is 0 Å². The summed E-state index contributed by atoms with van der Waals surface area (Å²) < 4.78 is 0. The summed E-state index contributed by atoms with van der Waals surface area (Å²) in [5.41, 5.74) is 8.80. The summed E-state index contributed by atoms with van der Waals surface area (Å²) in [5.74, 6) is -0.934. The van der Waals surface area contributed by atoms with Gasteiger partial charge in [-0.15, -0.1) is 0 Å². The average molecular weight is 326 g/mol. The SMILES string of the molecule is CN(Cc1ncccc1C(=O)O)CC1CC(c2ccccc2)NN1. The van der Waals surface area contributed by atoms with Gasteiger partial charge in [-0.2, -0.15) is 0 Å². The van der Waals surface area contributed by atoms with Gasteiger partial charge in [0.2, 0.25) is 0 Å².